The number of benzene rings is 3. The number of nitrogens with one attached hydrogen (secondary N) is 2. The molecule has 0 fully saturated rings. The number of hydrogen-bond donors (Lipinski definition) is 3. The summed E-state index contributed by atoms with van der Waals surface area (Å²) in [6.45, 7) is 3.62. The van der Waals surface area contributed by atoms with E-state index in [1.807, 2.05) is 32.0 Å². The molecule has 158 valence electrons. The van der Waals surface area contributed by atoms with Crippen LogP contribution in [-0.2, 0) is 4.79 Å². The molecular formula is C24H22N2O5. The standard InChI is InChI=1S/C24H22N2O5/c1-15-10-11-16(2)21(12-15)31-14-22(27)26-20-9-4-3-8-19(20)23(28)25-18-7-5-6-17(13-18)24(29)30/h3-13H,14H2,1-2H3,(H,25,28)(H,26,27)(H,29,30). The van der Waals surface area contributed by atoms with E-state index in [0.29, 0.717) is 17.1 Å². The summed E-state index contributed by atoms with van der Waals surface area (Å²) in [4.78, 5) is 36.2. The van der Waals surface area contributed by atoms with Gasteiger partial charge in [-0.3, -0.25) is 9.59 Å². The van der Waals surface area contributed by atoms with Crippen LogP contribution in [0.4, 0.5) is 11.4 Å². The fourth-order valence-corrected chi connectivity index (χ4v) is 2.91. The number of aryl methyl sites for hydroxylation is 2. The minimum Gasteiger partial charge on any atom is -0.483 e. The molecule has 7 heteroatoms. The second kappa shape index (κ2) is 9.58. The third kappa shape index (κ3) is 5.70. The van der Waals surface area contributed by atoms with E-state index in [1.165, 1.54) is 18.2 Å². The molecule has 0 aliphatic rings. The normalized spacial score (nSPS) is 10.3. The number of carboxylic acids is 1. The van der Waals surface area contributed by atoms with Gasteiger partial charge >= 0.3 is 5.97 Å². The van der Waals surface area contributed by atoms with Crippen molar-refractivity contribution in [2.45, 2.75) is 13.8 Å². The molecule has 0 radical (unpaired) electrons. The lowest BCUT2D eigenvalue weighted by Crippen LogP contribution is -2.23. The van der Waals surface area contributed by atoms with Crippen molar-refractivity contribution in [3.63, 3.8) is 0 Å². The number of carbonyl (C=O) groups excluding carboxylic acids is 2. The summed E-state index contributed by atoms with van der Waals surface area (Å²) < 4.78 is 5.62. The highest BCUT2D eigenvalue weighted by Crippen LogP contribution is 2.20. The number of rotatable bonds is 7. The molecule has 0 atom stereocenters. The van der Waals surface area contributed by atoms with Gasteiger partial charge in [0.2, 0.25) is 0 Å². The van der Waals surface area contributed by atoms with Crippen molar-refractivity contribution in [1.29, 1.82) is 0 Å². The first kappa shape index (κ1) is 21.6. The Balaban J connectivity index is 1.69. The van der Waals surface area contributed by atoms with E-state index >= 15 is 0 Å². The molecule has 3 rings (SSSR count). The maximum atomic E-state index is 12.7. The Morgan fingerprint density at radius 3 is 2.45 bits per heavy atom. The van der Waals surface area contributed by atoms with Gasteiger partial charge in [-0.2, -0.15) is 0 Å². The first-order valence-electron chi connectivity index (χ1n) is 9.57. The molecular weight excluding hydrogens is 396 g/mol. The van der Waals surface area contributed by atoms with Crippen molar-refractivity contribution in [2.75, 3.05) is 17.2 Å². The van der Waals surface area contributed by atoms with Gasteiger partial charge in [0.25, 0.3) is 11.8 Å². The first-order valence-corrected chi connectivity index (χ1v) is 9.57. The summed E-state index contributed by atoms with van der Waals surface area (Å²) in [7, 11) is 0. The van der Waals surface area contributed by atoms with Gasteiger partial charge in [0.15, 0.2) is 6.61 Å². The Hall–Kier alpha value is -4.13. The Morgan fingerprint density at radius 2 is 1.68 bits per heavy atom. The lowest BCUT2D eigenvalue weighted by Gasteiger charge is -2.13. The lowest BCUT2D eigenvalue weighted by molar-refractivity contribution is -0.118. The van der Waals surface area contributed by atoms with Gasteiger partial charge in [-0.25, -0.2) is 4.79 Å². The van der Waals surface area contributed by atoms with Crippen LogP contribution in [0.2, 0.25) is 0 Å². The predicted octanol–water partition coefficient (Wildman–Crippen LogP) is 4.27. The Bertz CT molecular complexity index is 1140. The Morgan fingerprint density at radius 1 is 0.903 bits per heavy atom. The number of para-hydroxylation sites is 1. The Labute approximate surface area is 179 Å². The molecule has 0 aliphatic carbocycles. The van der Waals surface area contributed by atoms with E-state index in [-0.39, 0.29) is 17.7 Å². The SMILES string of the molecule is Cc1ccc(C)c(OCC(=O)Nc2ccccc2C(=O)Nc2cccc(C(=O)O)c2)c1. The van der Waals surface area contributed by atoms with E-state index in [4.69, 9.17) is 9.84 Å². The number of carbonyl (C=O) groups is 3. The fraction of sp³-hybridized carbons (Fsp3) is 0.125. The minimum atomic E-state index is -1.09. The van der Waals surface area contributed by atoms with Crippen LogP contribution in [0.3, 0.4) is 0 Å². The van der Waals surface area contributed by atoms with Crippen LogP contribution in [-0.4, -0.2) is 29.5 Å². The largest absolute Gasteiger partial charge is 0.483 e. The summed E-state index contributed by atoms with van der Waals surface area (Å²) in [5.74, 6) is -1.35. The number of hydrogen-bond acceptors (Lipinski definition) is 4. The smallest absolute Gasteiger partial charge is 0.335 e. The molecule has 0 unspecified atom stereocenters. The van der Waals surface area contributed by atoms with Gasteiger partial charge in [0.05, 0.1) is 16.8 Å². The lowest BCUT2D eigenvalue weighted by atomic mass is 10.1. The Kier molecular flexibility index (Phi) is 6.67. The maximum absolute atomic E-state index is 12.7. The minimum absolute atomic E-state index is 0.0583. The molecule has 7 nitrogen and oxygen atoms in total. The number of aromatic carboxylic acids is 1. The second-order valence-corrected chi connectivity index (χ2v) is 6.99. The molecule has 0 spiro atoms. The van der Waals surface area contributed by atoms with E-state index in [9.17, 15) is 14.4 Å². The van der Waals surface area contributed by atoms with Crippen molar-refractivity contribution < 1.29 is 24.2 Å². The molecule has 0 bridgehead atoms. The molecule has 3 aromatic rings. The zero-order valence-corrected chi connectivity index (χ0v) is 17.1. The highest BCUT2D eigenvalue weighted by molar-refractivity contribution is 6.10. The molecule has 3 aromatic carbocycles. The van der Waals surface area contributed by atoms with Crippen LogP contribution in [0, 0.1) is 13.8 Å². The van der Waals surface area contributed by atoms with Crippen molar-refractivity contribution in [2.24, 2.45) is 0 Å². The molecule has 0 aromatic heterocycles. The fourth-order valence-electron chi connectivity index (χ4n) is 2.91. The van der Waals surface area contributed by atoms with Gasteiger partial charge in [0.1, 0.15) is 5.75 Å². The molecule has 0 saturated carbocycles. The monoisotopic (exact) mass is 418 g/mol. The summed E-state index contributed by atoms with van der Waals surface area (Å²) in [5, 5.41) is 14.4. The van der Waals surface area contributed by atoms with Gasteiger partial charge in [-0.1, -0.05) is 30.3 Å². The van der Waals surface area contributed by atoms with Gasteiger partial charge in [-0.15, -0.1) is 0 Å². The van der Waals surface area contributed by atoms with E-state index in [1.54, 1.807) is 30.3 Å². The number of anilines is 2. The van der Waals surface area contributed by atoms with Gasteiger partial charge < -0.3 is 20.5 Å². The summed E-state index contributed by atoms with van der Waals surface area (Å²) in [6, 6.07) is 18.2. The molecule has 0 saturated heterocycles. The average Bonchev–Trinajstić information content (AvgIpc) is 2.75. The van der Waals surface area contributed by atoms with E-state index in [2.05, 4.69) is 10.6 Å². The van der Waals surface area contributed by atoms with Crippen molar-refractivity contribution in [1.82, 2.24) is 0 Å². The predicted molar refractivity (Wildman–Crippen MR) is 118 cm³/mol. The van der Waals surface area contributed by atoms with Crippen molar-refractivity contribution in [3.8, 4) is 5.75 Å². The zero-order valence-electron chi connectivity index (χ0n) is 17.1. The van der Waals surface area contributed by atoms with E-state index < -0.39 is 17.8 Å². The molecule has 3 N–H and O–H groups in total. The van der Waals surface area contributed by atoms with Crippen LogP contribution in [0.15, 0.2) is 66.7 Å². The summed E-state index contributed by atoms with van der Waals surface area (Å²) in [6.07, 6.45) is 0. The van der Waals surface area contributed by atoms with Crippen molar-refractivity contribution in [3.05, 3.63) is 89.0 Å². The molecule has 31 heavy (non-hydrogen) atoms. The molecule has 0 heterocycles. The van der Waals surface area contributed by atoms with Gasteiger partial charge in [0, 0.05) is 5.69 Å². The van der Waals surface area contributed by atoms with Crippen LogP contribution >= 0.6 is 0 Å². The average molecular weight is 418 g/mol. The van der Waals surface area contributed by atoms with Crippen molar-refractivity contribution >= 4 is 29.2 Å². The van der Waals surface area contributed by atoms with Crippen LogP contribution in [0.1, 0.15) is 31.8 Å². The first-order chi connectivity index (χ1) is 14.8. The molecule has 2 amide bonds. The van der Waals surface area contributed by atoms with Crippen LogP contribution in [0.25, 0.3) is 0 Å². The third-order valence-electron chi connectivity index (χ3n) is 4.52. The highest BCUT2D eigenvalue weighted by atomic mass is 16.5. The van der Waals surface area contributed by atoms with Crippen LogP contribution in [0.5, 0.6) is 5.75 Å². The number of carboxylic acid groups (broad SMARTS) is 1. The van der Waals surface area contributed by atoms with E-state index in [0.717, 1.165) is 11.1 Å². The zero-order chi connectivity index (χ0) is 22.4. The third-order valence-corrected chi connectivity index (χ3v) is 4.52. The quantitative estimate of drug-likeness (QED) is 0.531. The second-order valence-electron chi connectivity index (χ2n) is 6.99. The van der Waals surface area contributed by atoms with Gasteiger partial charge in [-0.05, 0) is 61.4 Å². The molecule has 0 aliphatic heterocycles. The maximum Gasteiger partial charge on any atom is 0.335 e. The summed E-state index contributed by atoms with van der Waals surface area (Å²) in [5.41, 5.74) is 2.90. The number of ether oxygens (including phenoxy) is 1. The highest BCUT2D eigenvalue weighted by Gasteiger charge is 2.15. The number of amides is 2. The topological polar surface area (TPSA) is 105 Å². The van der Waals surface area contributed by atoms with Crippen LogP contribution < -0.4 is 15.4 Å². The summed E-state index contributed by atoms with van der Waals surface area (Å²) >= 11 is 0.